The highest BCUT2D eigenvalue weighted by atomic mass is 32.2. The molecule has 1 aliphatic rings. The van der Waals surface area contributed by atoms with Gasteiger partial charge in [0.05, 0.1) is 11.8 Å². The third-order valence-electron chi connectivity index (χ3n) is 1.64. The van der Waals surface area contributed by atoms with Gasteiger partial charge in [0, 0.05) is 0 Å². The van der Waals surface area contributed by atoms with E-state index in [1.54, 1.807) is 0 Å². The number of rotatable bonds is 3. The van der Waals surface area contributed by atoms with E-state index in [0.717, 1.165) is 5.16 Å². The van der Waals surface area contributed by atoms with Crippen LogP contribution in [0.4, 0.5) is 0 Å². The van der Waals surface area contributed by atoms with Crippen molar-refractivity contribution in [1.82, 2.24) is 20.2 Å². The second-order valence-corrected chi connectivity index (χ2v) is 3.57. The van der Waals surface area contributed by atoms with Crippen LogP contribution in [0.15, 0.2) is 5.16 Å². The summed E-state index contributed by atoms with van der Waals surface area (Å²) in [5.74, 6) is 3.18. The summed E-state index contributed by atoms with van der Waals surface area (Å²) in [6.45, 7) is 0. The van der Waals surface area contributed by atoms with Gasteiger partial charge in [-0.3, -0.25) is 0 Å². The van der Waals surface area contributed by atoms with E-state index >= 15 is 0 Å². The maximum absolute atomic E-state index is 5.14. The lowest BCUT2D eigenvalue weighted by molar-refractivity contribution is 0.565. The first kappa shape index (κ1) is 7.62. The summed E-state index contributed by atoms with van der Waals surface area (Å²) in [4.78, 5) is 0. The molecule has 62 valence electrons. The van der Waals surface area contributed by atoms with Crippen LogP contribution in [0, 0.1) is 12.3 Å². The van der Waals surface area contributed by atoms with Gasteiger partial charge in [-0.05, 0) is 23.3 Å². The molecule has 1 aliphatic carbocycles. The van der Waals surface area contributed by atoms with Crippen molar-refractivity contribution in [2.24, 2.45) is 0 Å². The maximum atomic E-state index is 5.14. The quantitative estimate of drug-likeness (QED) is 0.508. The summed E-state index contributed by atoms with van der Waals surface area (Å²) in [5, 5.41) is 12.2. The molecule has 0 radical (unpaired) electrons. The molecule has 1 aromatic heterocycles. The molecule has 0 N–H and O–H groups in total. The minimum Gasteiger partial charge on any atom is -0.217 e. The van der Waals surface area contributed by atoms with E-state index in [1.807, 2.05) is 4.68 Å². The Morgan fingerprint density at radius 1 is 1.67 bits per heavy atom. The first-order valence-corrected chi connectivity index (χ1v) is 4.74. The molecule has 0 amide bonds. The first-order valence-electron chi connectivity index (χ1n) is 3.76. The van der Waals surface area contributed by atoms with Crippen LogP contribution < -0.4 is 0 Å². The molecule has 0 aliphatic heterocycles. The van der Waals surface area contributed by atoms with Gasteiger partial charge in [0.1, 0.15) is 0 Å². The van der Waals surface area contributed by atoms with Crippen molar-refractivity contribution in [3.8, 4) is 12.3 Å². The van der Waals surface area contributed by atoms with E-state index in [0.29, 0.717) is 11.8 Å². The van der Waals surface area contributed by atoms with E-state index in [2.05, 4.69) is 21.4 Å². The third kappa shape index (κ3) is 1.43. The summed E-state index contributed by atoms with van der Waals surface area (Å²) in [7, 11) is 0. The standard InChI is InChI=1S/C7H8N4S/c1-2-5-12-7-8-9-10-11(7)6-3-4-6/h1,6H,3-5H2. The molecule has 0 atom stereocenters. The Bertz CT molecular complexity index is 309. The van der Waals surface area contributed by atoms with Crippen LogP contribution in [-0.2, 0) is 0 Å². The van der Waals surface area contributed by atoms with E-state index in [4.69, 9.17) is 6.42 Å². The van der Waals surface area contributed by atoms with Crippen molar-refractivity contribution >= 4 is 11.8 Å². The average Bonchev–Trinajstić information content (AvgIpc) is 2.83. The predicted octanol–water partition coefficient (Wildman–Crippen LogP) is 0.733. The van der Waals surface area contributed by atoms with Gasteiger partial charge in [0.25, 0.3) is 0 Å². The van der Waals surface area contributed by atoms with Gasteiger partial charge in [0.2, 0.25) is 5.16 Å². The van der Waals surface area contributed by atoms with Crippen molar-refractivity contribution in [1.29, 1.82) is 0 Å². The summed E-state index contributed by atoms with van der Waals surface area (Å²) in [6.07, 6.45) is 7.52. The van der Waals surface area contributed by atoms with Crippen LogP contribution in [0.5, 0.6) is 0 Å². The topological polar surface area (TPSA) is 43.6 Å². The van der Waals surface area contributed by atoms with Crippen LogP contribution in [0.2, 0.25) is 0 Å². The maximum Gasteiger partial charge on any atom is 0.210 e. The van der Waals surface area contributed by atoms with Gasteiger partial charge in [-0.25, -0.2) is 4.68 Å². The van der Waals surface area contributed by atoms with Gasteiger partial charge in [-0.2, -0.15) is 0 Å². The lowest BCUT2D eigenvalue weighted by Gasteiger charge is -1.97. The highest BCUT2D eigenvalue weighted by molar-refractivity contribution is 7.99. The van der Waals surface area contributed by atoms with E-state index in [-0.39, 0.29) is 0 Å². The minimum absolute atomic E-state index is 0.528. The zero-order chi connectivity index (χ0) is 8.39. The van der Waals surface area contributed by atoms with Gasteiger partial charge in [0.15, 0.2) is 0 Å². The molecular weight excluding hydrogens is 172 g/mol. The monoisotopic (exact) mass is 180 g/mol. The van der Waals surface area contributed by atoms with Crippen molar-refractivity contribution < 1.29 is 0 Å². The highest BCUT2D eigenvalue weighted by Crippen LogP contribution is 2.36. The molecule has 0 spiro atoms. The summed E-state index contributed by atoms with van der Waals surface area (Å²) in [6, 6.07) is 0.528. The number of nitrogens with zero attached hydrogens (tertiary/aromatic N) is 4. The molecule has 2 rings (SSSR count). The lowest BCUT2D eigenvalue weighted by Crippen LogP contribution is -1.98. The Kier molecular flexibility index (Phi) is 2.00. The lowest BCUT2D eigenvalue weighted by atomic mass is 10.7. The van der Waals surface area contributed by atoms with Crippen LogP contribution in [0.1, 0.15) is 18.9 Å². The Hall–Kier alpha value is -1.02. The van der Waals surface area contributed by atoms with Crippen LogP contribution in [0.25, 0.3) is 0 Å². The fraction of sp³-hybridized carbons (Fsp3) is 0.571. The highest BCUT2D eigenvalue weighted by Gasteiger charge is 2.27. The van der Waals surface area contributed by atoms with Crippen molar-refractivity contribution in [2.45, 2.75) is 24.0 Å². The van der Waals surface area contributed by atoms with E-state index < -0.39 is 0 Å². The normalized spacial score (nSPS) is 15.9. The largest absolute Gasteiger partial charge is 0.217 e. The molecule has 1 saturated carbocycles. The number of aromatic nitrogens is 4. The Labute approximate surface area is 74.7 Å². The van der Waals surface area contributed by atoms with Gasteiger partial charge < -0.3 is 0 Å². The molecule has 4 nitrogen and oxygen atoms in total. The fourth-order valence-corrected chi connectivity index (χ4v) is 1.56. The zero-order valence-corrected chi connectivity index (χ0v) is 7.29. The molecule has 0 unspecified atom stereocenters. The molecule has 0 bridgehead atoms. The number of terminal acetylenes is 1. The zero-order valence-electron chi connectivity index (χ0n) is 6.47. The molecule has 12 heavy (non-hydrogen) atoms. The Balaban J connectivity index is 2.09. The predicted molar refractivity (Wildman–Crippen MR) is 45.6 cm³/mol. The molecular formula is C7H8N4S. The first-order chi connectivity index (χ1) is 5.92. The summed E-state index contributed by atoms with van der Waals surface area (Å²) >= 11 is 1.51. The van der Waals surface area contributed by atoms with Crippen molar-refractivity contribution in [2.75, 3.05) is 5.75 Å². The molecule has 5 heteroatoms. The number of tetrazole rings is 1. The molecule has 1 aromatic rings. The summed E-state index contributed by atoms with van der Waals surface area (Å²) in [5.41, 5.74) is 0. The number of thioether (sulfide) groups is 1. The second kappa shape index (κ2) is 3.15. The Morgan fingerprint density at radius 3 is 3.17 bits per heavy atom. The Morgan fingerprint density at radius 2 is 2.50 bits per heavy atom. The summed E-state index contributed by atoms with van der Waals surface area (Å²) < 4.78 is 1.86. The van der Waals surface area contributed by atoms with E-state index in [9.17, 15) is 0 Å². The number of hydrogen-bond donors (Lipinski definition) is 0. The van der Waals surface area contributed by atoms with Crippen molar-refractivity contribution in [3.63, 3.8) is 0 Å². The third-order valence-corrected chi connectivity index (χ3v) is 2.48. The van der Waals surface area contributed by atoms with Crippen LogP contribution in [0.3, 0.4) is 0 Å². The van der Waals surface area contributed by atoms with Gasteiger partial charge in [-0.1, -0.05) is 17.7 Å². The molecule has 0 aromatic carbocycles. The minimum atomic E-state index is 0.528. The van der Waals surface area contributed by atoms with Gasteiger partial charge in [-0.15, -0.1) is 11.5 Å². The van der Waals surface area contributed by atoms with Crippen LogP contribution >= 0.6 is 11.8 Å². The fourth-order valence-electron chi connectivity index (χ4n) is 0.935. The second-order valence-electron chi connectivity index (χ2n) is 2.63. The van der Waals surface area contributed by atoms with Gasteiger partial charge >= 0.3 is 0 Å². The van der Waals surface area contributed by atoms with Crippen LogP contribution in [-0.4, -0.2) is 26.0 Å². The SMILES string of the molecule is C#CCSc1nnnn1C1CC1. The number of hydrogen-bond acceptors (Lipinski definition) is 4. The van der Waals surface area contributed by atoms with E-state index in [1.165, 1.54) is 24.6 Å². The average molecular weight is 180 g/mol. The smallest absolute Gasteiger partial charge is 0.210 e. The molecule has 1 heterocycles. The molecule has 0 saturated heterocycles. The molecule has 1 fully saturated rings. The van der Waals surface area contributed by atoms with Crippen molar-refractivity contribution in [3.05, 3.63) is 0 Å².